The summed E-state index contributed by atoms with van der Waals surface area (Å²) in [6, 6.07) is 27.9. The van der Waals surface area contributed by atoms with Crippen LogP contribution in [0.4, 0.5) is 5.95 Å². The second kappa shape index (κ2) is 9.91. The number of pyridine rings is 1. The molecule has 1 atom stereocenters. The van der Waals surface area contributed by atoms with Gasteiger partial charge in [0.1, 0.15) is 0 Å². The van der Waals surface area contributed by atoms with Crippen LogP contribution in [-0.4, -0.2) is 27.1 Å². The predicted molar refractivity (Wildman–Crippen MR) is 142 cm³/mol. The van der Waals surface area contributed by atoms with Gasteiger partial charge in [-0.2, -0.15) is 0 Å². The standard InChI is InChI=1S/C29H27N5O/c1-34-28(35)26(24-12-11-21-9-5-6-10-23(21)18-24)27(22-13-15-31-16-14-22)33-29(34)32-19-25(30)17-20-7-3-2-4-8-20/h2-16,18,25H,17,19,30H2,1H3,(H,32,33)/t25-/m1/s1. The Kier molecular flexibility index (Phi) is 6.37. The minimum atomic E-state index is -0.126. The highest BCUT2D eigenvalue weighted by Gasteiger charge is 2.19. The molecule has 174 valence electrons. The molecule has 2 aromatic heterocycles. The fourth-order valence-corrected chi connectivity index (χ4v) is 4.30. The molecular weight excluding hydrogens is 434 g/mol. The molecule has 5 aromatic rings. The van der Waals surface area contributed by atoms with Gasteiger partial charge in [-0.3, -0.25) is 14.3 Å². The van der Waals surface area contributed by atoms with Gasteiger partial charge in [-0.25, -0.2) is 4.98 Å². The van der Waals surface area contributed by atoms with E-state index in [1.54, 1.807) is 24.0 Å². The summed E-state index contributed by atoms with van der Waals surface area (Å²) in [7, 11) is 1.74. The van der Waals surface area contributed by atoms with E-state index in [1.165, 1.54) is 5.56 Å². The number of nitrogens with zero attached hydrogens (tertiary/aromatic N) is 3. The Labute approximate surface area is 204 Å². The molecule has 0 saturated heterocycles. The van der Waals surface area contributed by atoms with E-state index in [-0.39, 0.29) is 11.6 Å². The lowest BCUT2D eigenvalue weighted by molar-refractivity contribution is 0.688. The van der Waals surface area contributed by atoms with E-state index in [9.17, 15) is 4.79 Å². The van der Waals surface area contributed by atoms with Crippen LogP contribution in [0, 0.1) is 0 Å². The van der Waals surface area contributed by atoms with Crippen LogP contribution in [0.15, 0.2) is 102 Å². The first-order chi connectivity index (χ1) is 17.1. The number of fused-ring (bicyclic) bond motifs is 1. The molecule has 3 aromatic carbocycles. The van der Waals surface area contributed by atoms with Gasteiger partial charge in [-0.1, -0.05) is 66.7 Å². The van der Waals surface area contributed by atoms with E-state index in [0.29, 0.717) is 23.8 Å². The van der Waals surface area contributed by atoms with Gasteiger partial charge in [0.2, 0.25) is 5.95 Å². The highest BCUT2D eigenvalue weighted by molar-refractivity contribution is 5.90. The Hall–Kier alpha value is -4.29. The average Bonchev–Trinajstić information content (AvgIpc) is 2.90. The first kappa shape index (κ1) is 22.5. The lowest BCUT2D eigenvalue weighted by atomic mass is 9.98. The minimum Gasteiger partial charge on any atom is -0.354 e. The van der Waals surface area contributed by atoms with Gasteiger partial charge in [0.25, 0.3) is 5.56 Å². The molecule has 0 bridgehead atoms. The van der Waals surface area contributed by atoms with Crippen molar-refractivity contribution in [2.45, 2.75) is 12.5 Å². The van der Waals surface area contributed by atoms with Crippen LogP contribution in [-0.2, 0) is 13.5 Å². The quantitative estimate of drug-likeness (QED) is 0.369. The molecule has 0 spiro atoms. The lowest BCUT2D eigenvalue weighted by Gasteiger charge is -2.18. The van der Waals surface area contributed by atoms with E-state index in [2.05, 4.69) is 28.5 Å². The third-order valence-corrected chi connectivity index (χ3v) is 6.15. The molecule has 0 amide bonds. The molecule has 0 aliphatic heterocycles. The summed E-state index contributed by atoms with van der Waals surface area (Å²) in [5, 5.41) is 5.50. The fourth-order valence-electron chi connectivity index (χ4n) is 4.30. The maximum atomic E-state index is 13.7. The number of hydrogen-bond acceptors (Lipinski definition) is 5. The Bertz CT molecular complexity index is 1510. The van der Waals surface area contributed by atoms with E-state index in [0.717, 1.165) is 28.3 Å². The fraction of sp³-hybridized carbons (Fsp3) is 0.138. The summed E-state index contributed by atoms with van der Waals surface area (Å²) in [5.41, 5.74) is 10.3. The lowest BCUT2D eigenvalue weighted by Crippen LogP contribution is -2.34. The molecule has 0 aliphatic carbocycles. The van der Waals surface area contributed by atoms with Gasteiger partial charge >= 0.3 is 0 Å². The molecule has 0 saturated carbocycles. The topological polar surface area (TPSA) is 85.8 Å². The van der Waals surface area contributed by atoms with Crippen LogP contribution < -0.4 is 16.6 Å². The van der Waals surface area contributed by atoms with Crippen molar-refractivity contribution in [1.82, 2.24) is 14.5 Å². The van der Waals surface area contributed by atoms with E-state index in [4.69, 9.17) is 10.7 Å². The summed E-state index contributed by atoms with van der Waals surface area (Å²) in [5.74, 6) is 0.481. The SMILES string of the molecule is Cn1c(NC[C@H](N)Cc2ccccc2)nc(-c2ccncc2)c(-c2ccc3ccccc3c2)c1=O. The van der Waals surface area contributed by atoms with Crippen LogP contribution in [0.2, 0.25) is 0 Å². The number of rotatable bonds is 7. The molecular formula is C29H27N5O. The van der Waals surface area contributed by atoms with Gasteiger partial charge in [0.15, 0.2) is 0 Å². The number of anilines is 1. The molecule has 0 fully saturated rings. The molecule has 0 aliphatic rings. The Morgan fingerprint density at radius 3 is 2.37 bits per heavy atom. The van der Waals surface area contributed by atoms with Crippen LogP contribution in [0.5, 0.6) is 0 Å². The molecule has 6 heteroatoms. The van der Waals surface area contributed by atoms with Crippen LogP contribution in [0.25, 0.3) is 33.2 Å². The minimum absolute atomic E-state index is 0.124. The number of hydrogen-bond donors (Lipinski definition) is 2. The number of benzene rings is 3. The van der Waals surface area contributed by atoms with Gasteiger partial charge in [0, 0.05) is 37.6 Å². The van der Waals surface area contributed by atoms with Crippen molar-refractivity contribution < 1.29 is 0 Å². The van der Waals surface area contributed by atoms with Gasteiger partial charge in [-0.05, 0) is 46.5 Å². The summed E-state index contributed by atoms with van der Waals surface area (Å²) >= 11 is 0. The van der Waals surface area contributed by atoms with Crippen molar-refractivity contribution in [1.29, 1.82) is 0 Å². The molecule has 3 N–H and O–H groups in total. The largest absolute Gasteiger partial charge is 0.354 e. The molecule has 35 heavy (non-hydrogen) atoms. The Morgan fingerprint density at radius 2 is 1.60 bits per heavy atom. The molecule has 6 nitrogen and oxygen atoms in total. The van der Waals surface area contributed by atoms with Gasteiger partial charge in [-0.15, -0.1) is 0 Å². The Balaban J connectivity index is 1.54. The zero-order valence-corrected chi connectivity index (χ0v) is 19.6. The summed E-state index contributed by atoms with van der Waals surface area (Å²) in [6.45, 7) is 0.486. The van der Waals surface area contributed by atoms with Crippen LogP contribution >= 0.6 is 0 Å². The number of aromatic nitrogens is 3. The molecule has 0 radical (unpaired) electrons. The maximum absolute atomic E-state index is 13.7. The van der Waals surface area contributed by atoms with E-state index in [1.807, 2.05) is 66.7 Å². The third-order valence-electron chi connectivity index (χ3n) is 6.15. The summed E-state index contributed by atoms with van der Waals surface area (Å²) in [6.07, 6.45) is 4.15. The monoisotopic (exact) mass is 461 g/mol. The first-order valence-electron chi connectivity index (χ1n) is 11.6. The smallest absolute Gasteiger partial charge is 0.263 e. The molecule has 0 unspecified atom stereocenters. The zero-order valence-electron chi connectivity index (χ0n) is 19.6. The van der Waals surface area contributed by atoms with Crippen LogP contribution in [0.1, 0.15) is 5.56 Å². The summed E-state index contributed by atoms with van der Waals surface area (Å²) in [4.78, 5) is 22.7. The summed E-state index contributed by atoms with van der Waals surface area (Å²) < 4.78 is 1.56. The van der Waals surface area contributed by atoms with Gasteiger partial charge in [0.05, 0.1) is 11.3 Å². The normalized spacial score (nSPS) is 11.9. The van der Waals surface area contributed by atoms with E-state index < -0.39 is 0 Å². The first-order valence-corrected chi connectivity index (χ1v) is 11.6. The maximum Gasteiger partial charge on any atom is 0.263 e. The average molecular weight is 462 g/mol. The van der Waals surface area contributed by atoms with Crippen molar-refractivity contribution in [2.24, 2.45) is 12.8 Å². The van der Waals surface area contributed by atoms with Crippen molar-refractivity contribution in [3.8, 4) is 22.4 Å². The third kappa shape index (κ3) is 4.83. The number of nitrogens with one attached hydrogen (secondary N) is 1. The van der Waals surface area contributed by atoms with Crippen molar-refractivity contribution in [3.05, 3.63) is 113 Å². The van der Waals surface area contributed by atoms with Crippen molar-refractivity contribution >= 4 is 16.7 Å². The van der Waals surface area contributed by atoms with E-state index >= 15 is 0 Å². The van der Waals surface area contributed by atoms with Crippen molar-refractivity contribution in [3.63, 3.8) is 0 Å². The number of nitrogens with two attached hydrogens (primary N) is 1. The molecule has 2 heterocycles. The highest BCUT2D eigenvalue weighted by atomic mass is 16.1. The van der Waals surface area contributed by atoms with Crippen LogP contribution in [0.3, 0.4) is 0 Å². The zero-order chi connectivity index (χ0) is 24.2. The highest BCUT2D eigenvalue weighted by Crippen LogP contribution is 2.30. The molecule has 5 rings (SSSR count). The van der Waals surface area contributed by atoms with Crippen molar-refractivity contribution in [2.75, 3.05) is 11.9 Å². The predicted octanol–water partition coefficient (Wildman–Crippen LogP) is 4.64. The second-order valence-corrected chi connectivity index (χ2v) is 8.65. The van der Waals surface area contributed by atoms with Gasteiger partial charge < -0.3 is 11.1 Å². The second-order valence-electron chi connectivity index (χ2n) is 8.65. The Morgan fingerprint density at radius 1 is 0.886 bits per heavy atom.